The molecule has 0 unspecified atom stereocenters. The van der Waals surface area contributed by atoms with Gasteiger partial charge in [-0.15, -0.1) is 0 Å². The fourth-order valence-electron chi connectivity index (χ4n) is 2.28. The van der Waals surface area contributed by atoms with Gasteiger partial charge in [-0.1, -0.05) is 5.16 Å². The maximum atomic E-state index is 12.0. The number of nitrogens with zero attached hydrogens (tertiary/aromatic N) is 2. The van der Waals surface area contributed by atoms with E-state index in [0.29, 0.717) is 23.6 Å². The molecule has 1 saturated heterocycles. The standard InChI is InChI=1S/C14H20N4O4/c1-8-11(9(2)22-17-8)15-10(19)6-5-7-18-12(20)14(3,4)16-13(18)21/h5-7H2,1-4H3,(H,15,19)(H,16,21). The lowest BCUT2D eigenvalue weighted by atomic mass is 10.1. The van der Waals surface area contributed by atoms with Crippen LogP contribution in [0.25, 0.3) is 0 Å². The van der Waals surface area contributed by atoms with E-state index in [2.05, 4.69) is 15.8 Å². The number of hydrogen-bond donors (Lipinski definition) is 2. The number of hydrogen-bond acceptors (Lipinski definition) is 5. The number of amides is 4. The first-order valence-electron chi connectivity index (χ1n) is 7.09. The van der Waals surface area contributed by atoms with E-state index < -0.39 is 11.6 Å². The highest BCUT2D eigenvalue weighted by Crippen LogP contribution is 2.20. The van der Waals surface area contributed by atoms with Crippen LogP contribution in [-0.4, -0.2) is 40.0 Å². The van der Waals surface area contributed by atoms with Crippen LogP contribution in [0.2, 0.25) is 0 Å². The quantitative estimate of drug-likeness (QED) is 0.799. The van der Waals surface area contributed by atoms with Crippen molar-refractivity contribution in [3.8, 4) is 0 Å². The molecule has 0 radical (unpaired) electrons. The fourth-order valence-corrected chi connectivity index (χ4v) is 2.28. The van der Waals surface area contributed by atoms with Crippen LogP contribution in [-0.2, 0) is 9.59 Å². The maximum absolute atomic E-state index is 12.0. The Kier molecular flexibility index (Phi) is 4.20. The molecule has 0 atom stereocenters. The van der Waals surface area contributed by atoms with Gasteiger partial charge >= 0.3 is 6.03 Å². The molecule has 8 nitrogen and oxygen atoms in total. The second-order valence-electron chi connectivity index (χ2n) is 5.86. The van der Waals surface area contributed by atoms with Gasteiger partial charge in [0.15, 0.2) is 5.76 Å². The highest BCUT2D eigenvalue weighted by Gasteiger charge is 2.43. The molecular formula is C14H20N4O4. The number of anilines is 1. The van der Waals surface area contributed by atoms with Crippen LogP contribution >= 0.6 is 0 Å². The average molecular weight is 308 g/mol. The van der Waals surface area contributed by atoms with E-state index in [1.807, 2.05) is 0 Å². The lowest BCUT2D eigenvalue weighted by Crippen LogP contribution is -2.40. The SMILES string of the molecule is Cc1noc(C)c1NC(=O)CCCN1C(=O)NC(C)(C)C1=O. The van der Waals surface area contributed by atoms with E-state index in [-0.39, 0.29) is 24.8 Å². The molecule has 4 amide bonds. The van der Waals surface area contributed by atoms with Crippen molar-refractivity contribution in [1.82, 2.24) is 15.4 Å². The first-order valence-corrected chi connectivity index (χ1v) is 7.09. The van der Waals surface area contributed by atoms with E-state index in [9.17, 15) is 14.4 Å². The second kappa shape index (κ2) is 5.78. The summed E-state index contributed by atoms with van der Waals surface area (Å²) in [6.45, 7) is 6.96. The summed E-state index contributed by atoms with van der Waals surface area (Å²) in [6, 6.07) is -0.416. The first kappa shape index (κ1) is 16.0. The van der Waals surface area contributed by atoms with Crippen LogP contribution in [0.1, 0.15) is 38.1 Å². The third-order valence-electron chi connectivity index (χ3n) is 3.53. The molecule has 0 aromatic carbocycles. The molecule has 2 N–H and O–H groups in total. The Bertz CT molecular complexity index is 601. The molecule has 2 rings (SSSR count). The van der Waals surface area contributed by atoms with Crippen molar-refractivity contribution in [2.24, 2.45) is 0 Å². The number of nitrogens with one attached hydrogen (secondary N) is 2. The lowest BCUT2D eigenvalue weighted by molar-refractivity contribution is -0.130. The van der Waals surface area contributed by atoms with E-state index in [0.717, 1.165) is 4.90 Å². The van der Waals surface area contributed by atoms with Crippen LogP contribution in [0.5, 0.6) is 0 Å². The Morgan fingerprint density at radius 1 is 1.36 bits per heavy atom. The predicted octanol–water partition coefficient (Wildman–Crippen LogP) is 1.34. The molecule has 22 heavy (non-hydrogen) atoms. The zero-order valence-corrected chi connectivity index (χ0v) is 13.1. The molecule has 0 bridgehead atoms. The van der Waals surface area contributed by atoms with Gasteiger partial charge in [-0.2, -0.15) is 0 Å². The van der Waals surface area contributed by atoms with Crippen LogP contribution < -0.4 is 10.6 Å². The highest BCUT2D eigenvalue weighted by molar-refractivity contribution is 6.06. The van der Waals surface area contributed by atoms with E-state index in [1.54, 1.807) is 27.7 Å². The molecule has 1 aromatic heterocycles. The summed E-state index contributed by atoms with van der Waals surface area (Å²) in [6.07, 6.45) is 0.589. The average Bonchev–Trinajstić information content (AvgIpc) is 2.83. The summed E-state index contributed by atoms with van der Waals surface area (Å²) in [4.78, 5) is 36.7. The number of imide groups is 1. The van der Waals surface area contributed by atoms with Crippen molar-refractivity contribution in [3.05, 3.63) is 11.5 Å². The zero-order chi connectivity index (χ0) is 16.5. The predicted molar refractivity (Wildman–Crippen MR) is 78.2 cm³/mol. The largest absolute Gasteiger partial charge is 0.359 e. The van der Waals surface area contributed by atoms with Gasteiger partial charge in [-0.25, -0.2) is 4.79 Å². The molecule has 1 fully saturated rings. The summed E-state index contributed by atoms with van der Waals surface area (Å²) >= 11 is 0. The van der Waals surface area contributed by atoms with E-state index >= 15 is 0 Å². The van der Waals surface area contributed by atoms with Gasteiger partial charge < -0.3 is 15.2 Å². The Balaban J connectivity index is 1.83. The smallest absolute Gasteiger partial charge is 0.325 e. The Morgan fingerprint density at radius 2 is 2.05 bits per heavy atom. The molecule has 120 valence electrons. The van der Waals surface area contributed by atoms with E-state index in [1.165, 1.54) is 0 Å². The molecule has 0 aliphatic carbocycles. The Hall–Kier alpha value is -2.38. The lowest BCUT2D eigenvalue weighted by Gasteiger charge is -2.15. The normalized spacial score (nSPS) is 16.8. The van der Waals surface area contributed by atoms with E-state index in [4.69, 9.17) is 4.52 Å². The fraction of sp³-hybridized carbons (Fsp3) is 0.571. The summed E-state index contributed by atoms with van der Waals surface area (Å²) in [5.41, 5.74) is 0.304. The van der Waals surface area contributed by atoms with Crippen molar-refractivity contribution >= 4 is 23.5 Å². The summed E-state index contributed by atoms with van der Waals surface area (Å²) in [5.74, 6) is 0.0612. The molecule has 0 spiro atoms. The minimum Gasteiger partial charge on any atom is -0.359 e. The van der Waals surface area contributed by atoms with Crippen molar-refractivity contribution in [2.45, 2.75) is 46.1 Å². The number of urea groups is 1. The summed E-state index contributed by atoms with van der Waals surface area (Å²) < 4.78 is 4.96. The van der Waals surface area contributed by atoms with Crippen LogP contribution in [0.3, 0.4) is 0 Å². The molecule has 1 aliphatic heterocycles. The van der Waals surface area contributed by atoms with Crippen LogP contribution in [0.15, 0.2) is 4.52 Å². The molecular weight excluding hydrogens is 288 g/mol. The van der Waals surface area contributed by atoms with Crippen molar-refractivity contribution in [2.75, 3.05) is 11.9 Å². The molecule has 0 saturated carbocycles. The topological polar surface area (TPSA) is 105 Å². The van der Waals surface area contributed by atoms with Gasteiger partial charge in [0.05, 0.1) is 0 Å². The van der Waals surface area contributed by atoms with Gasteiger partial charge in [0.25, 0.3) is 5.91 Å². The Morgan fingerprint density at radius 3 is 2.55 bits per heavy atom. The van der Waals surface area contributed by atoms with Crippen molar-refractivity contribution in [1.29, 1.82) is 0 Å². The molecule has 1 aliphatic rings. The molecule has 2 heterocycles. The number of aryl methyl sites for hydroxylation is 2. The number of rotatable bonds is 5. The van der Waals surface area contributed by atoms with Crippen LogP contribution in [0.4, 0.5) is 10.5 Å². The third-order valence-corrected chi connectivity index (χ3v) is 3.53. The second-order valence-corrected chi connectivity index (χ2v) is 5.86. The maximum Gasteiger partial charge on any atom is 0.325 e. The number of carbonyl (C=O) groups excluding carboxylic acids is 3. The number of carbonyl (C=O) groups is 3. The van der Waals surface area contributed by atoms with Gasteiger partial charge in [-0.05, 0) is 34.1 Å². The zero-order valence-electron chi connectivity index (χ0n) is 13.1. The van der Waals surface area contributed by atoms with Gasteiger partial charge in [0.2, 0.25) is 5.91 Å². The summed E-state index contributed by atoms with van der Waals surface area (Å²) in [7, 11) is 0. The first-order chi connectivity index (χ1) is 10.2. The summed E-state index contributed by atoms with van der Waals surface area (Å²) in [5, 5.41) is 9.07. The van der Waals surface area contributed by atoms with Gasteiger partial charge in [0.1, 0.15) is 16.9 Å². The van der Waals surface area contributed by atoms with Crippen LogP contribution in [0, 0.1) is 13.8 Å². The minimum absolute atomic E-state index is 0.196. The monoisotopic (exact) mass is 308 g/mol. The van der Waals surface area contributed by atoms with Gasteiger partial charge in [-0.3, -0.25) is 14.5 Å². The van der Waals surface area contributed by atoms with Gasteiger partial charge in [0, 0.05) is 13.0 Å². The molecule has 1 aromatic rings. The number of aromatic nitrogens is 1. The third kappa shape index (κ3) is 3.10. The van der Waals surface area contributed by atoms with Crippen molar-refractivity contribution < 1.29 is 18.9 Å². The minimum atomic E-state index is -0.879. The van der Waals surface area contributed by atoms with Crippen molar-refractivity contribution in [3.63, 3.8) is 0 Å². The highest BCUT2D eigenvalue weighted by atomic mass is 16.5. The Labute approximate surface area is 128 Å². The molecule has 8 heteroatoms.